The molecule has 0 N–H and O–H groups in total. The van der Waals surface area contributed by atoms with E-state index in [4.69, 9.17) is 0 Å². The number of hydrogen-bond donors (Lipinski definition) is 0. The van der Waals surface area contributed by atoms with Crippen molar-refractivity contribution in [1.82, 2.24) is 0 Å². The Balaban J connectivity index is -0.000000180. The molecule has 0 rings (SSSR count). The van der Waals surface area contributed by atoms with Gasteiger partial charge >= 0.3 is 19.5 Å². The molecule has 0 spiro atoms. The quantitative estimate of drug-likeness (QED) is 0.317. The van der Waals surface area contributed by atoms with Crippen LogP contribution in [0, 0.1) is 7.43 Å². The second-order valence-corrected chi connectivity index (χ2v) is 1.25. The Morgan fingerprint density at radius 3 is 1.78 bits per heavy atom. The Hall–Kier alpha value is -0.237. The first-order valence-electron chi connectivity index (χ1n) is 1.82. The van der Waals surface area contributed by atoms with E-state index in [1.54, 1.807) is 0 Å². The van der Waals surface area contributed by atoms with Crippen LogP contribution in [0.5, 0.6) is 0 Å². The van der Waals surface area contributed by atoms with Crippen molar-refractivity contribution in [2.24, 2.45) is 0 Å². The molecule has 0 saturated heterocycles. The van der Waals surface area contributed by atoms with Crippen molar-refractivity contribution >= 4 is 11.8 Å². The van der Waals surface area contributed by atoms with Crippen LogP contribution >= 0.6 is 0 Å². The molecule has 0 radical (unpaired) electrons. The van der Waals surface area contributed by atoms with E-state index in [1.807, 2.05) is 0 Å². The zero-order valence-corrected chi connectivity index (χ0v) is 8.61. The Kier molecular flexibility index (Phi) is 13.7. The van der Waals surface area contributed by atoms with Gasteiger partial charge in [-0.1, -0.05) is 0 Å². The molecule has 0 aromatic heterocycles. The average Bonchev–Trinajstić information content (AvgIpc) is 1.27. The second-order valence-electron chi connectivity index (χ2n) is 1.25. The van der Waals surface area contributed by atoms with Crippen LogP contribution in [-0.4, -0.2) is 11.8 Å². The average molecular weight is 182 g/mol. The van der Waals surface area contributed by atoms with Crippen molar-refractivity contribution in [1.29, 1.82) is 0 Å². The van der Waals surface area contributed by atoms with Gasteiger partial charge < -0.3 is 17.3 Å². The fourth-order valence-corrected chi connectivity index (χ4v) is 0.203. The number of carbonyl (C=O) groups is 2. The van der Waals surface area contributed by atoms with E-state index in [2.05, 4.69) is 0 Å². The number of ketones is 1. The first-order chi connectivity index (χ1) is 3.13. The molecule has 0 aliphatic rings. The minimum absolute atomic E-state index is 0. The second kappa shape index (κ2) is 7.76. The normalized spacial score (nSPS) is 6.33. The van der Waals surface area contributed by atoms with Crippen LogP contribution in [0.2, 0.25) is 0 Å². The summed E-state index contributed by atoms with van der Waals surface area (Å²) < 4.78 is 0. The molecule has 0 saturated carbocycles. The first-order valence-corrected chi connectivity index (χ1v) is 1.82. The summed E-state index contributed by atoms with van der Waals surface area (Å²) in [5.74, 6) is -1.69. The summed E-state index contributed by atoms with van der Waals surface area (Å²) in [5.41, 5.74) is 0. The van der Waals surface area contributed by atoms with E-state index >= 15 is 0 Å². The molecule has 0 fully saturated rings. The third kappa shape index (κ3) is 18.2. The molecule has 4 heteroatoms. The summed E-state index contributed by atoms with van der Waals surface area (Å²) in [6.07, 6.45) is -0.472. The Morgan fingerprint density at radius 2 is 1.78 bits per heavy atom. The summed E-state index contributed by atoms with van der Waals surface area (Å²) in [6, 6.07) is 0. The molecule has 48 valence electrons. The van der Waals surface area contributed by atoms with E-state index in [0.717, 1.165) is 0 Å². The molecule has 3 nitrogen and oxygen atoms in total. The molecule has 0 aromatic rings. The first kappa shape index (κ1) is 15.9. The van der Waals surface area contributed by atoms with Crippen LogP contribution in [0.15, 0.2) is 0 Å². The van der Waals surface area contributed by atoms with Crippen molar-refractivity contribution in [3.8, 4) is 0 Å². The van der Waals surface area contributed by atoms with E-state index < -0.39 is 12.4 Å². The van der Waals surface area contributed by atoms with Gasteiger partial charge in [0.05, 0.1) is 0 Å². The monoisotopic (exact) mass is 180 g/mol. The van der Waals surface area contributed by atoms with Gasteiger partial charge in [0.25, 0.3) is 0 Å². The van der Waals surface area contributed by atoms with Crippen molar-refractivity contribution < 1.29 is 34.2 Å². The fourth-order valence-electron chi connectivity index (χ4n) is 0.203. The predicted octanol–water partition coefficient (Wildman–Crippen LogP) is -0.837. The van der Waals surface area contributed by atoms with Crippen LogP contribution in [0.25, 0.3) is 0 Å². The van der Waals surface area contributed by atoms with Crippen molar-refractivity contribution in [3.63, 3.8) is 0 Å². The van der Waals surface area contributed by atoms with Gasteiger partial charge in [0.15, 0.2) is 0 Å². The zero-order valence-electron chi connectivity index (χ0n) is 5.64. The molecule has 0 heterocycles. The Morgan fingerprint density at radius 1 is 1.44 bits per heavy atom. The van der Waals surface area contributed by atoms with Gasteiger partial charge in [-0.25, -0.2) is 0 Å². The van der Waals surface area contributed by atoms with Gasteiger partial charge in [-0.15, -0.1) is 0 Å². The number of carboxylic acids is 1. The maximum Gasteiger partial charge on any atom is 2.00 e. The number of hydrogen-bond acceptors (Lipinski definition) is 3. The maximum absolute atomic E-state index is 9.83. The fraction of sp³-hybridized carbons (Fsp3) is 0.400. The van der Waals surface area contributed by atoms with Crippen LogP contribution in [0.3, 0.4) is 0 Å². The number of aliphatic carboxylic acids is 1. The predicted molar refractivity (Wildman–Crippen MR) is 26.7 cm³/mol. The van der Waals surface area contributed by atoms with Gasteiger partial charge in [0.1, 0.15) is 5.78 Å². The van der Waals surface area contributed by atoms with Gasteiger partial charge in [-0.3, -0.25) is 4.79 Å². The van der Waals surface area contributed by atoms with Crippen LogP contribution in [0.1, 0.15) is 13.3 Å². The van der Waals surface area contributed by atoms with E-state index in [9.17, 15) is 14.7 Å². The van der Waals surface area contributed by atoms with Gasteiger partial charge in [-0.05, 0) is 6.92 Å². The van der Waals surface area contributed by atoms with Crippen molar-refractivity contribution in [3.05, 3.63) is 7.43 Å². The zero-order chi connectivity index (χ0) is 5.86. The number of carbonyl (C=O) groups excluding carboxylic acids is 2. The molecular formula is C5H8O3Zn. The molecule has 0 unspecified atom stereocenters. The topological polar surface area (TPSA) is 57.2 Å². The summed E-state index contributed by atoms with van der Waals surface area (Å²) in [5, 5.41) is 9.48. The molecule has 0 aromatic carbocycles. The number of carboxylic acid groups (broad SMARTS) is 1. The van der Waals surface area contributed by atoms with E-state index in [0.29, 0.717) is 0 Å². The SMILES string of the molecule is CC(=O)CC(=O)[O-].[CH3-].[Zn+2]. The van der Waals surface area contributed by atoms with Gasteiger partial charge in [0, 0.05) is 12.4 Å². The van der Waals surface area contributed by atoms with Gasteiger partial charge in [-0.2, -0.15) is 0 Å². The Bertz CT molecular complexity index is 88.4. The third-order valence-corrected chi connectivity index (χ3v) is 0.393. The van der Waals surface area contributed by atoms with Gasteiger partial charge in [0.2, 0.25) is 0 Å². The minimum atomic E-state index is -1.31. The molecule has 0 aliphatic carbocycles. The molecule has 0 atom stereocenters. The molecule has 0 aliphatic heterocycles. The maximum atomic E-state index is 9.83. The molecular weight excluding hydrogens is 173 g/mol. The van der Waals surface area contributed by atoms with Crippen molar-refractivity contribution in [2.75, 3.05) is 0 Å². The number of rotatable bonds is 2. The minimum Gasteiger partial charge on any atom is -0.550 e. The van der Waals surface area contributed by atoms with E-state index in [-0.39, 0.29) is 32.7 Å². The summed E-state index contributed by atoms with van der Waals surface area (Å²) in [7, 11) is 0. The molecule has 0 bridgehead atoms. The summed E-state index contributed by atoms with van der Waals surface area (Å²) in [4.78, 5) is 19.3. The molecule has 9 heavy (non-hydrogen) atoms. The largest absolute Gasteiger partial charge is 2.00 e. The van der Waals surface area contributed by atoms with Crippen LogP contribution in [0.4, 0.5) is 0 Å². The summed E-state index contributed by atoms with van der Waals surface area (Å²) >= 11 is 0. The summed E-state index contributed by atoms with van der Waals surface area (Å²) in [6.45, 7) is 1.20. The smallest absolute Gasteiger partial charge is 0.550 e. The Labute approximate surface area is 67.2 Å². The van der Waals surface area contributed by atoms with E-state index in [1.165, 1.54) is 6.92 Å². The van der Waals surface area contributed by atoms with Crippen molar-refractivity contribution in [2.45, 2.75) is 13.3 Å². The van der Waals surface area contributed by atoms with Crippen LogP contribution < -0.4 is 5.11 Å². The molecule has 0 amide bonds. The number of Topliss-reactive ketones (excluding diaryl/α,β-unsaturated/α-hetero) is 1. The van der Waals surface area contributed by atoms with Crippen LogP contribution in [-0.2, 0) is 29.1 Å². The third-order valence-electron chi connectivity index (χ3n) is 0.393. The standard InChI is InChI=1S/C4H6O3.CH3.Zn/c1-3(5)2-4(6)7;;/h2H2,1H3,(H,6,7);1H3;/q;-1;+2/p-1.